The van der Waals surface area contributed by atoms with Crippen LogP contribution in [0.4, 0.5) is 5.69 Å². The summed E-state index contributed by atoms with van der Waals surface area (Å²) in [5.41, 5.74) is 7.35. The second-order valence-corrected chi connectivity index (χ2v) is 3.75. The lowest BCUT2D eigenvalue weighted by Gasteiger charge is -2.11. The van der Waals surface area contributed by atoms with Gasteiger partial charge in [-0.25, -0.2) is 0 Å². The molecule has 2 N–H and O–H groups in total. The van der Waals surface area contributed by atoms with Crippen LogP contribution in [-0.4, -0.2) is 25.3 Å². The first kappa shape index (κ1) is 11.7. The summed E-state index contributed by atoms with van der Waals surface area (Å²) >= 11 is 0. The number of fused-ring (bicyclic) bond motifs is 1. The Labute approximate surface area is 100 Å². The Morgan fingerprint density at radius 2 is 2.06 bits per heavy atom. The molecule has 2 rings (SSSR count). The normalized spacial score (nSPS) is 10.6. The molecule has 17 heavy (non-hydrogen) atoms. The molecule has 4 nitrogen and oxygen atoms in total. The zero-order valence-corrected chi connectivity index (χ0v) is 9.85. The highest BCUT2D eigenvalue weighted by Crippen LogP contribution is 2.29. The highest BCUT2D eigenvalue weighted by Gasteiger charge is 2.06. The van der Waals surface area contributed by atoms with Gasteiger partial charge in [0.2, 0.25) is 0 Å². The van der Waals surface area contributed by atoms with Crippen molar-refractivity contribution >= 4 is 16.6 Å². The highest BCUT2D eigenvalue weighted by atomic mass is 16.5. The predicted molar refractivity (Wildman–Crippen MR) is 68.1 cm³/mol. The number of nitrogens with zero attached hydrogens (tertiary/aromatic N) is 1. The molecule has 1 aromatic heterocycles. The Hall–Kier alpha value is -1.81. The van der Waals surface area contributed by atoms with E-state index in [2.05, 4.69) is 4.98 Å². The molecule has 0 atom stereocenters. The van der Waals surface area contributed by atoms with Crippen LogP contribution in [0.1, 0.15) is 6.42 Å². The molecule has 1 aromatic carbocycles. The average Bonchev–Trinajstić information content (AvgIpc) is 2.37. The van der Waals surface area contributed by atoms with Crippen LogP contribution in [0.25, 0.3) is 10.9 Å². The van der Waals surface area contributed by atoms with E-state index in [4.69, 9.17) is 15.2 Å². The summed E-state index contributed by atoms with van der Waals surface area (Å²) in [5, 5.41) is 0.949. The molecular formula is C13H16N2O2. The minimum absolute atomic E-state index is 0.570. The second-order valence-electron chi connectivity index (χ2n) is 3.75. The first-order valence-electron chi connectivity index (χ1n) is 5.58. The number of aromatic nitrogens is 1. The highest BCUT2D eigenvalue weighted by molar-refractivity contribution is 5.89. The zero-order valence-electron chi connectivity index (χ0n) is 9.85. The van der Waals surface area contributed by atoms with E-state index in [1.54, 1.807) is 13.3 Å². The van der Waals surface area contributed by atoms with Crippen LogP contribution >= 0.6 is 0 Å². The third kappa shape index (κ3) is 2.65. The number of hydrogen-bond donors (Lipinski definition) is 1. The lowest BCUT2D eigenvalue weighted by molar-refractivity contribution is 0.173. The van der Waals surface area contributed by atoms with Gasteiger partial charge in [0.05, 0.1) is 24.0 Å². The molecule has 90 valence electrons. The number of pyridine rings is 1. The van der Waals surface area contributed by atoms with Crippen LogP contribution in [-0.2, 0) is 4.74 Å². The van der Waals surface area contributed by atoms with Crippen LogP contribution in [0.15, 0.2) is 30.5 Å². The molecule has 0 unspecified atom stereocenters. The van der Waals surface area contributed by atoms with Crippen molar-refractivity contribution in [3.8, 4) is 5.75 Å². The van der Waals surface area contributed by atoms with Gasteiger partial charge in [0, 0.05) is 25.5 Å². The van der Waals surface area contributed by atoms with Crippen LogP contribution < -0.4 is 10.5 Å². The van der Waals surface area contributed by atoms with E-state index in [0.29, 0.717) is 24.7 Å². The maximum absolute atomic E-state index is 5.88. The first-order valence-corrected chi connectivity index (χ1v) is 5.58. The summed E-state index contributed by atoms with van der Waals surface area (Å²) in [6.07, 6.45) is 2.47. The summed E-state index contributed by atoms with van der Waals surface area (Å²) in [6, 6.07) is 7.80. The van der Waals surface area contributed by atoms with Crippen LogP contribution in [0, 0.1) is 0 Å². The lowest BCUT2D eigenvalue weighted by atomic mass is 10.2. The van der Waals surface area contributed by atoms with E-state index < -0.39 is 0 Å². The molecule has 0 spiro atoms. The minimum Gasteiger partial charge on any atom is -0.491 e. The monoisotopic (exact) mass is 232 g/mol. The number of para-hydroxylation sites is 1. The Kier molecular flexibility index (Phi) is 3.77. The molecule has 0 saturated heterocycles. The Morgan fingerprint density at radius 1 is 1.24 bits per heavy atom. The molecule has 2 aromatic rings. The molecule has 4 heteroatoms. The van der Waals surface area contributed by atoms with Gasteiger partial charge in [-0.05, 0) is 12.1 Å². The fraction of sp³-hybridized carbons (Fsp3) is 0.308. The molecule has 0 bridgehead atoms. The fourth-order valence-electron chi connectivity index (χ4n) is 1.67. The molecule has 0 radical (unpaired) electrons. The number of nitrogens with two attached hydrogens (primary N) is 1. The van der Waals surface area contributed by atoms with E-state index in [0.717, 1.165) is 17.3 Å². The van der Waals surface area contributed by atoms with Crippen molar-refractivity contribution in [1.82, 2.24) is 4.98 Å². The van der Waals surface area contributed by atoms with Crippen molar-refractivity contribution in [2.24, 2.45) is 0 Å². The SMILES string of the molecule is COCCCOc1c(N)cnc2ccccc12. The van der Waals surface area contributed by atoms with Gasteiger partial charge in [0.25, 0.3) is 0 Å². The van der Waals surface area contributed by atoms with Crippen molar-refractivity contribution in [3.05, 3.63) is 30.5 Å². The molecule has 0 aliphatic rings. The fourth-order valence-corrected chi connectivity index (χ4v) is 1.67. The second kappa shape index (κ2) is 5.50. The lowest BCUT2D eigenvalue weighted by Crippen LogP contribution is -2.04. The summed E-state index contributed by atoms with van der Waals surface area (Å²) in [5.74, 6) is 0.715. The number of nitrogen functional groups attached to an aromatic ring is 1. The van der Waals surface area contributed by atoms with Crippen molar-refractivity contribution in [2.45, 2.75) is 6.42 Å². The molecule has 0 saturated carbocycles. The van der Waals surface area contributed by atoms with Crippen LogP contribution in [0.3, 0.4) is 0 Å². The molecule has 0 fully saturated rings. The molecule has 0 aliphatic heterocycles. The van der Waals surface area contributed by atoms with Crippen molar-refractivity contribution in [3.63, 3.8) is 0 Å². The molecular weight excluding hydrogens is 216 g/mol. The number of methoxy groups -OCH3 is 1. The van der Waals surface area contributed by atoms with Gasteiger partial charge in [-0.3, -0.25) is 4.98 Å². The standard InChI is InChI=1S/C13H16N2O2/c1-16-7-4-8-17-13-10-5-2-3-6-12(10)15-9-11(13)14/h2-3,5-6,9H,4,7-8,14H2,1H3. The molecule has 0 aliphatic carbocycles. The summed E-state index contributed by atoms with van der Waals surface area (Å²) in [4.78, 5) is 4.26. The predicted octanol–water partition coefficient (Wildman–Crippen LogP) is 2.23. The number of rotatable bonds is 5. The average molecular weight is 232 g/mol. The van der Waals surface area contributed by atoms with Gasteiger partial charge in [0.1, 0.15) is 0 Å². The maximum atomic E-state index is 5.88. The van der Waals surface area contributed by atoms with Crippen LogP contribution in [0.2, 0.25) is 0 Å². The Morgan fingerprint density at radius 3 is 2.88 bits per heavy atom. The van der Waals surface area contributed by atoms with Crippen molar-refractivity contribution in [2.75, 3.05) is 26.1 Å². The van der Waals surface area contributed by atoms with E-state index in [9.17, 15) is 0 Å². The van der Waals surface area contributed by atoms with Gasteiger partial charge in [-0.2, -0.15) is 0 Å². The number of anilines is 1. The van der Waals surface area contributed by atoms with E-state index in [-0.39, 0.29) is 0 Å². The van der Waals surface area contributed by atoms with Gasteiger partial charge >= 0.3 is 0 Å². The number of ether oxygens (including phenoxy) is 2. The van der Waals surface area contributed by atoms with Crippen molar-refractivity contribution in [1.29, 1.82) is 0 Å². The summed E-state index contributed by atoms with van der Waals surface area (Å²) < 4.78 is 10.7. The van der Waals surface area contributed by atoms with Gasteiger partial charge in [-0.1, -0.05) is 12.1 Å². The van der Waals surface area contributed by atoms with Gasteiger partial charge < -0.3 is 15.2 Å². The maximum Gasteiger partial charge on any atom is 0.153 e. The van der Waals surface area contributed by atoms with Crippen molar-refractivity contribution < 1.29 is 9.47 Å². The third-order valence-electron chi connectivity index (χ3n) is 2.49. The van der Waals surface area contributed by atoms with Gasteiger partial charge in [0.15, 0.2) is 5.75 Å². The topological polar surface area (TPSA) is 57.4 Å². The minimum atomic E-state index is 0.570. The summed E-state index contributed by atoms with van der Waals surface area (Å²) in [7, 11) is 1.68. The Balaban J connectivity index is 2.22. The number of hydrogen-bond acceptors (Lipinski definition) is 4. The third-order valence-corrected chi connectivity index (χ3v) is 2.49. The van der Waals surface area contributed by atoms with Gasteiger partial charge in [-0.15, -0.1) is 0 Å². The zero-order chi connectivity index (χ0) is 12.1. The van der Waals surface area contributed by atoms with Crippen LogP contribution in [0.5, 0.6) is 5.75 Å². The van der Waals surface area contributed by atoms with E-state index in [1.165, 1.54) is 0 Å². The van der Waals surface area contributed by atoms with E-state index in [1.807, 2.05) is 24.3 Å². The largest absolute Gasteiger partial charge is 0.491 e. The summed E-state index contributed by atoms with van der Waals surface area (Å²) in [6.45, 7) is 1.27. The van der Waals surface area contributed by atoms with E-state index >= 15 is 0 Å². The smallest absolute Gasteiger partial charge is 0.153 e. The first-order chi connectivity index (χ1) is 8.33. The quantitative estimate of drug-likeness (QED) is 0.803. The molecule has 1 heterocycles. The Bertz CT molecular complexity index is 500. The molecule has 0 amide bonds. The number of benzene rings is 1.